The second-order valence-corrected chi connectivity index (χ2v) is 13.6. The van der Waals surface area contributed by atoms with Crippen LogP contribution in [0.15, 0.2) is 47.4 Å². The summed E-state index contributed by atoms with van der Waals surface area (Å²) in [6.07, 6.45) is 2.34. The lowest BCUT2D eigenvalue weighted by atomic mass is 9.56. The lowest BCUT2D eigenvalue weighted by Crippen LogP contribution is -2.63. The van der Waals surface area contributed by atoms with Crippen molar-refractivity contribution in [3.8, 4) is 5.75 Å². The maximum atomic E-state index is 14.5. The average Bonchev–Trinajstić information content (AvgIpc) is 3.68. The molecule has 3 aromatic heterocycles. The van der Waals surface area contributed by atoms with Gasteiger partial charge in [0.2, 0.25) is 11.7 Å². The van der Waals surface area contributed by atoms with E-state index in [0.717, 1.165) is 36.6 Å². The second-order valence-electron chi connectivity index (χ2n) is 13.2. The van der Waals surface area contributed by atoms with Crippen LogP contribution in [0.4, 0.5) is 18.9 Å². The number of aromatic nitrogens is 5. The molecule has 1 spiro atoms. The molecule has 1 saturated carbocycles. The topological polar surface area (TPSA) is 144 Å². The standard InChI is InChI=1S/C34H31ClF3N7O5/c35-21-16-19(34(36,37)38)3-5-22(21)40-26(47)17-44-24-7-10-33(27(24)30(48)45-32(44)41-29(42-45)18-8-14-50-15-9-18)11-13-43(23-6-4-20(23)33)31(49)28-25(46)2-1-12-39-28/h1-3,5,8,12,16,20,23,46H,4,6-7,9-11,13-15,17H2,(H,40,47)/t20-,23+,33?/m0/s1. The first kappa shape index (κ1) is 32.4. The average molecular weight is 710 g/mol. The predicted octanol–water partition coefficient (Wildman–Crippen LogP) is 4.61. The number of aromatic hydroxyl groups is 1. The number of alkyl halides is 3. The van der Waals surface area contributed by atoms with Crippen molar-refractivity contribution in [3.63, 3.8) is 0 Å². The molecule has 50 heavy (non-hydrogen) atoms. The summed E-state index contributed by atoms with van der Waals surface area (Å²) in [5, 5.41) is 17.3. The van der Waals surface area contributed by atoms with Gasteiger partial charge in [-0.1, -0.05) is 17.7 Å². The Balaban J connectivity index is 1.18. The number of piperidine rings is 1. The van der Waals surface area contributed by atoms with Crippen molar-refractivity contribution in [1.82, 2.24) is 29.0 Å². The molecule has 2 aliphatic heterocycles. The number of pyridine rings is 1. The third kappa shape index (κ3) is 5.16. The summed E-state index contributed by atoms with van der Waals surface area (Å²) in [5.74, 6) is -0.657. The molecule has 4 aromatic rings. The van der Waals surface area contributed by atoms with Gasteiger partial charge >= 0.3 is 6.18 Å². The Labute approximate surface area is 287 Å². The molecule has 2 N–H and O–H groups in total. The lowest BCUT2D eigenvalue weighted by molar-refractivity contribution is -0.137. The Morgan fingerprint density at radius 1 is 1.16 bits per heavy atom. The van der Waals surface area contributed by atoms with Crippen molar-refractivity contribution in [2.24, 2.45) is 5.92 Å². The van der Waals surface area contributed by atoms with Gasteiger partial charge in [0.1, 0.15) is 12.3 Å². The van der Waals surface area contributed by atoms with E-state index >= 15 is 0 Å². The molecule has 5 heterocycles. The molecule has 2 aliphatic carbocycles. The highest BCUT2D eigenvalue weighted by Crippen LogP contribution is 2.56. The SMILES string of the molecule is O=C(Cn1c2c(c(=O)n3nc(C4=CCOCC4)nc13)C1(CC2)CCN(C(=O)c2ncccc2O)[C@@H]2CC[C@@H]21)Nc1ccc(C(F)(F)F)cc1Cl. The van der Waals surface area contributed by atoms with Crippen LogP contribution in [0.3, 0.4) is 0 Å². The summed E-state index contributed by atoms with van der Waals surface area (Å²) in [5.41, 5.74) is 0.141. The summed E-state index contributed by atoms with van der Waals surface area (Å²) >= 11 is 6.15. The first-order valence-corrected chi connectivity index (χ1v) is 16.8. The molecular weight excluding hydrogens is 679 g/mol. The number of anilines is 1. The highest BCUT2D eigenvalue weighted by molar-refractivity contribution is 6.33. The fraction of sp³-hybridized carbons (Fsp3) is 0.412. The van der Waals surface area contributed by atoms with Crippen LogP contribution in [0.25, 0.3) is 11.4 Å². The first-order chi connectivity index (χ1) is 24.0. The maximum Gasteiger partial charge on any atom is 0.416 e. The van der Waals surface area contributed by atoms with E-state index in [9.17, 15) is 32.7 Å². The van der Waals surface area contributed by atoms with Crippen LogP contribution in [-0.4, -0.2) is 71.8 Å². The number of rotatable bonds is 5. The Bertz CT molecular complexity index is 2160. The van der Waals surface area contributed by atoms with Crippen LogP contribution in [0.1, 0.15) is 65.2 Å². The highest BCUT2D eigenvalue weighted by atomic mass is 35.5. The molecule has 12 nitrogen and oxygen atoms in total. The van der Waals surface area contributed by atoms with Gasteiger partial charge in [-0.25, -0.2) is 4.98 Å². The molecule has 0 bridgehead atoms. The largest absolute Gasteiger partial charge is 0.505 e. The minimum atomic E-state index is -4.60. The minimum absolute atomic E-state index is 0.0117. The van der Waals surface area contributed by atoms with E-state index in [-0.39, 0.29) is 57.9 Å². The number of hydrogen-bond acceptors (Lipinski definition) is 8. The summed E-state index contributed by atoms with van der Waals surface area (Å²) in [6, 6.07) is 5.51. The Morgan fingerprint density at radius 3 is 2.70 bits per heavy atom. The van der Waals surface area contributed by atoms with Crippen molar-refractivity contribution in [1.29, 1.82) is 0 Å². The fourth-order valence-electron chi connectivity index (χ4n) is 8.23. The molecule has 3 atom stereocenters. The molecule has 1 saturated heterocycles. The number of amides is 2. The van der Waals surface area contributed by atoms with Gasteiger partial charge in [0.15, 0.2) is 11.5 Å². The molecule has 8 rings (SSSR count). The molecule has 0 radical (unpaired) electrons. The maximum absolute atomic E-state index is 14.5. The van der Waals surface area contributed by atoms with Crippen molar-refractivity contribution in [2.75, 3.05) is 25.1 Å². The first-order valence-electron chi connectivity index (χ1n) is 16.4. The van der Waals surface area contributed by atoms with Crippen LogP contribution in [-0.2, 0) is 34.1 Å². The quantitative estimate of drug-likeness (QED) is 0.306. The summed E-state index contributed by atoms with van der Waals surface area (Å²) in [4.78, 5) is 52.2. The summed E-state index contributed by atoms with van der Waals surface area (Å²) < 4.78 is 48.0. The van der Waals surface area contributed by atoms with Crippen molar-refractivity contribution < 1.29 is 32.6 Å². The molecular formula is C34H31ClF3N7O5. The fourth-order valence-corrected chi connectivity index (χ4v) is 8.45. The van der Waals surface area contributed by atoms with E-state index in [1.54, 1.807) is 15.5 Å². The molecule has 4 aliphatic rings. The number of fused-ring (bicyclic) bond motifs is 5. The Morgan fingerprint density at radius 2 is 2.00 bits per heavy atom. The van der Waals surface area contributed by atoms with Gasteiger partial charge in [0.05, 0.1) is 29.5 Å². The number of ether oxygens (including phenoxy) is 1. The Hall–Kier alpha value is -4.76. The molecule has 2 amide bonds. The minimum Gasteiger partial charge on any atom is -0.505 e. The van der Waals surface area contributed by atoms with Crippen LogP contribution in [0.5, 0.6) is 5.75 Å². The lowest BCUT2D eigenvalue weighted by Gasteiger charge is -2.57. The van der Waals surface area contributed by atoms with E-state index < -0.39 is 23.1 Å². The number of nitrogens with one attached hydrogen (secondary N) is 1. The zero-order valence-corrected chi connectivity index (χ0v) is 27.3. The van der Waals surface area contributed by atoms with E-state index in [1.807, 2.05) is 6.08 Å². The number of halogens is 4. The normalized spacial score (nSPS) is 23.0. The Kier molecular flexibility index (Phi) is 7.75. The number of hydrogen-bond donors (Lipinski definition) is 2. The number of nitrogens with zero attached hydrogens (tertiary/aromatic N) is 6. The van der Waals surface area contributed by atoms with Gasteiger partial charge in [-0.2, -0.15) is 22.7 Å². The van der Waals surface area contributed by atoms with Crippen LogP contribution in [0, 0.1) is 5.92 Å². The second kappa shape index (κ2) is 11.9. The molecule has 260 valence electrons. The highest BCUT2D eigenvalue weighted by Gasteiger charge is 2.58. The van der Waals surface area contributed by atoms with Gasteiger partial charge in [0, 0.05) is 35.5 Å². The number of carbonyl (C=O) groups excluding carboxylic acids is 2. The zero-order chi connectivity index (χ0) is 34.9. The molecule has 1 aromatic carbocycles. The third-order valence-corrected chi connectivity index (χ3v) is 11.0. The summed E-state index contributed by atoms with van der Waals surface area (Å²) in [6.45, 7) is 0.877. The summed E-state index contributed by atoms with van der Waals surface area (Å²) in [7, 11) is 0. The monoisotopic (exact) mass is 709 g/mol. The van der Waals surface area contributed by atoms with E-state index in [0.29, 0.717) is 62.5 Å². The molecule has 2 fully saturated rings. The van der Waals surface area contributed by atoms with Crippen molar-refractivity contribution in [2.45, 2.75) is 62.7 Å². The number of benzene rings is 1. The molecule has 16 heteroatoms. The van der Waals surface area contributed by atoms with Crippen molar-refractivity contribution >= 4 is 40.5 Å². The van der Waals surface area contributed by atoms with Gasteiger partial charge in [-0.15, -0.1) is 5.10 Å². The third-order valence-electron chi connectivity index (χ3n) is 10.7. The van der Waals surface area contributed by atoms with E-state index in [2.05, 4.69) is 15.4 Å². The zero-order valence-electron chi connectivity index (χ0n) is 26.5. The number of likely N-dealkylation sites (tertiary alicyclic amines) is 1. The number of carbonyl (C=O) groups is 2. The van der Waals surface area contributed by atoms with Crippen LogP contribution in [0.2, 0.25) is 5.02 Å². The van der Waals surface area contributed by atoms with Gasteiger partial charge in [-0.05, 0) is 80.3 Å². The van der Waals surface area contributed by atoms with E-state index in [4.69, 9.17) is 21.3 Å². The molecule has 1 unspecified atom stereocenters. The van der Waals surface area contributed by atoms with Gasteiger partial charge in [-0.3, -0.25) is 14.4 Å². The van der Waals surface area contributed by atoms with E-state index in [1.165, 1.54) is 16.8 Å². The van der Waals surface area contributed by atoms with Gasteiger partial charge in [0.25, 0.3) is 11.5 Å². The van der Waals surface area contributed by atoms with Crippen LogP contribution < -0.4 is 10.9 Å². The smallest absolute Gasteiger partial charge is 0.416 e. The van der Waals surface area contributed by atoms with Gasteiger partial charge < -0.3 is 24.6 Å². The predicted molar refractivity (Wildman–Crippen MR) is 174 cm³/mol. The van der Waals surface area contributed by atoms with Crippen molar-refractivity contribution in [3.05, 3.63) is 86.3 Å². The van der Waals surface area contributed by atoms with Crippen LogP contribution >= 0.6 is 11.6 Å².